The molecule has 0 fully saturated rings. The topological polar surface area (TPSA) is 49.8 Å². The summed E-state index contributed by atoms with van der Waals surface area (Å²) >= 11 is 0. The molecule has 0 bridgehead atoms. The van der Waals surface area contributed by atoms with E-state index < -0.39 is 0 Å². The Morgan fingerprint density at radius 1 is 0.475 bits per heavy atom. The lowest BCUT2D eigenvalue weighted by Gasteiger charge is -2.17. The van der Waals surface area contributed by atoms with Crippen molar-refractivity contribution in [3.8, 4) is 0 Å². The standard InChI is InChI=1S/C36H34N4/c1-23-13-17-33-29(19-23)35(21-25(3)37-33)39-31-11-7-5-9-27(31)15-16-28-10-6-8-12-32(28)40-36-22-26(4)38-34-18-14-24(2)20-30(34)36/h5-14,17-22H,15-16H2,1-4H3,(H,37,39)(H,38,40). The van der Waals surface area contributed by atoms with Crippen LogP contribution >= 0.6 is 0 Å². The first-order valence-electron chi connectivity index (χ1n) is 13.9. The molecule has 2 heterocycles. The number of anilines is 4. The molecule has 2 aromatic heterocycles. The molecule has 0 spiro atoms. The molecule has 0 aliphatic rings. The van der Waals surface area contributed by atoms with E-state index in [-0.39, 0.29) is 0 Å². The molecule has 0 atom stereocenters. The molecule has 0 aliphatic carbocycles. The van der Waals surface area contributed by atoms with Crippen molar-refractivity contribution >= 4 is 44.6 Å². The van der Waals surface area contributed by atoms with Gasteiger partial charge < -0.3 is 10.6 Å². The van der Waals surface area contributed by atoms with Crippen molar-refractivity contribution in [2.45, 2.75) is 40.5 Å². The summed E-state index contributed by atoms with van der Waals surface area (Å²) in [4.78, 5) is 9.48. The number of nitrogens with zero attached hydrogens (tertiary/aromatic N) is 2. The SMILES string of the molecule is Cc1ccc2nc(C)cc(Nc3ccccc3CCc3ccccc3Nc3cc(C)nc4ccc(C)cc34)c2c1. The highest BCUT2D eigenvalue weighted by Gasteiger charge is 2.11. The van der Waals surface area contributed by atoms with Crippen molar-refractivity contribution < 1.29 is 0 Å². The molecule has 40 heavy (non-hydrogen) atoms. The lowest BCUT2D eigenvalue weighted by atomic mass is 10.0. The van der Waals surface area contributed by atoms with Gasteiger partial charge in [-0.1, -0.05) is 59.7 Å². The molecule has 0 saturated heterocycles. The summed E-state index contributed by atoms with van der Waals surface area (Å²) in [6, 6.07) is 34.4. The Bertz CT molecular complexity index is 1720. The van der Waals surface area contributed by atoms with E-state index in [1.807, 2.05) is 0 Å². The number of aryl methyl sites for hydroxylation is 6. The third-order valence-electron chi connectivity index (χ3n) is 7.42. The molecule has 0 saturated carbocycles. The van der Waals surface area contributed by atoms with Crippen LogP contribution in [0.4, 0.5) is 22.7 Å². The maximum Gasteiger partial charge on any atom is 0.0726 e. The summed E-state index contributed by atoms with van der Waals surface area (Å²) in [5.74, 6) is 0. The Morgan fingerprint density at radius 2 is 0.900 bits per heavy atom. The monoisotopic (exact) mass is 522 g/mol. The largest absolute Gasteiger partial charge is 0.355 e. The number of nitrogens with one attached hydrogen (secondary N) is 2. The fourth-order valence-electron chi connectivity index (χ4n) is 5.43. The van der Waals surface area contributed by atoms with Gasteiger partial charge in [-0.05, 0) is 100 Å². The summed E-state index contributed by atoms with van der Waals surface area (Å²) in [5.41, 5.74) is 13.5. The predicted octanol–water partition coefficient (Wildman–Crippen LogP) is 9.29. The van der Waals surface area contributed by atoms with Gasteiger partial charge in [0.2, 0.25) is 0 Å². The van der Waals surface area contributed by atoms with Gasteiger partial charge in [0.25, 0.3) is 0 Å². The van der Waals surface area contributed by atoms with Crippen LogP contribution in [0.3, 0.4) is 0 Å². The number of benzene rings is 4. The third-order valence-corrected chi connectivity index (χ3v) is 7.42. The van der Waals surface area contributed by atoms with Crippen LogP contribution in [0.2, 0.25) is 0 Å². The maximum atomic E-state index is 4.74. The Hall–Kier alpha value is -4.70. The first-order chi connectivity index (χ1) is 19.4. The average Bonchev–Trinajstić information content (AvgIpc) is 2.94. The van der Waals surface area contributed by atoms with Crippen molar-refractivity contribution in [1.82, 2.24) is 9.97 Å². The summed E-state index contributed by atoms with van der Waals surface area (Å²) in [7, 11) is 0. The van der Waals surface area contributed by atoms with Crippen LogP contribution in [0.15, 0.2) is 97.1 Å². The zero-order valence-corrected chi connectivity index (χ0v) is 23.5. The maximum absolute atomic E-state index is 4.74. The van der Waals surface area contributed by atoms with E-state index in [0.717, 1.165) is 68.8 Å². The minimum atomic E-state index is 0.915. The molecular formula is C36H34N4. The molecule has 0 amide bonds. The highest BCUT2D eigenvalue weighted by molar-refractivity contribution is 5.95. The number of pyridine rings is 2. The van der Waals surface area contributed by atoms with Gasteiger partial charge in [0.05, 0.1) is 11.0 Å². The summed E-state index contributed by atoms with van der Waals surface area (Å²) in [5, 5.41) is 9.77. The van der Waals surface area contributed by atoms with Crippen LogP contribution in [0.1, 0.15) is 33.6 Å². The molecular weight excluding hydrogens is 488 g/mol. The Balaban J connectivity index is 1.28. The second-order valence-corrected chi connectivity index (χ2v) is 10.7. The normalized spacial score (nSPS) is 11.2. The second kappa shape index (κ2) is 10.8. The lowest BCUT2D eigenvalue weighted by molar-refractivity contribution is 0.964. The van der Waals surface area contributed by atoms with Crippen molar-refractivity contribution in [2.75, 3.05) is 10.6 Å². The van der Waals surface area contributed by atoms with Crippen molar-refractivity contribution in [1.29, 1.82) is 0 Å². The number of hydrogen-bond acceptors (Lipinski definition) is 4. The molecule has 4 aromatic carbocycles. The molecule has 0 radical (unpaired) electrons. The van der Waals surface area contributed by atoms with Gasteiger partial charge in [-0.25, -0.2) is 0 Å². The zero-order valence-electron chi connectivity index (χ0n) is 23.5. The molecule has 198 valence electrons. The summed E-state index contributed by atoms with van der Waals surface area (Å²) in [6.07, 6.45) is 1.83. The van der Waals surface area contributed by atoms with E-state index in [9.17, 15) is 0 Å². The van der Waals surface area contributed by atoms with Gasteiger partial charge in [-0.2, -0.15) is 0 Å². The van der Waals surface area contributed by atoms with Crippen LogP contribution in [0.5, 0.6) is 0 Å². The average molecular weight is 523 g/mol. The smallest absolute Gasteiger partial charge is 0.0726 e. The highest BCUT2D eigenvalue weighted by atomic mass is 14.9. The summed E-state index contributed by atoms with van der Waals surface area (Å²) < 4.78 is 0. The molecule has 6 rings (SSSR count). The molecule has 0 unspecified atom stereocenters. The van der Waals surface area contributed by atoms with Crippen LogP contribution < -0.4 is 10.6 Å². The van der Waals surface area contributed by atoms with Crippen LogP contribution in [-0.2, 0) is 12.8 Å². The molecule has 6 aromatic rings. The number of hydrogen-bond donors (Lipinski definition) is 2. The molecule has 0 aliphatic heterocycles. The van der Waals surface area contributed by atoms with Gasteiger partial charge in [-0.15, -0.1) is 0 Å². The van der Waals surface area contributed by atoms with E-state index >= 15 is 0 Å². The third kappa shape index (κ3) is 5.39. The van der Waals surface area contributed by atoms with Gasteiger partial charge in [0.15, 0.2) is 0 Å². The highest BCUT2D eigenvalue weighted by Crippen LogP contribution is 2.32. The number of fused-ring (bicyclic) bond motifs is 2. The zero-order chi connectivity index (χ0) is 27.6. The Labute approximate surface area is 236 Å². The molecule has 4 heteroatoms. The lowest BCUT2D eigenvalue weighted by Crippen LogP contribution is -2.02. The predicted molar refractivity (Wildman–Crippen MR) is 169 cm³/mol. The van der Waals surface area contributed by atoms with Gasteiger partial charge in [0, 0.05) is 44.9 Å². The Kier molecular flexibility index (Phi) is 6.91. The number of aromatic nitrogens is 2. The Morgan fingerprint density at radius 3 is 1.35 bits per heavy atom. The van der Waals surface area contributed by atoms with E-state index in [2.05, 4.69) is 135 Å². The van der Waals surface area contributed by atoms with Crippen molar-refractivity contribution in [3.05, 3.63) is 131 Å². The van der Waals surface area contributed by atoms with Gasteiger partial charge >= 0.3 is 0 Å². The first-order valence-corrected chi connectivity index (χ1v) is 13.9. The number of para-hydroxylation sites is 2. The van der Waals surface area contributed by atoms with Crippen LogP contribution in [0.25, 0.3) is 21.8 Å². The number of rotatable bonds is 7. The van der Waals surface area contributed by atoms with E-state index in [1.165, 1.54) is 22.3 Å². The van der Waals surface area contributed by atoms with Crippen molar-refractivity contribution in [3.63, 3.8) is 0 Å². The van der Waals surface area contributed by atoms with E-state index in [0.29, 0.717) is 0 Å². The molecule has 4 nitrogen and oxygen atoms in total. The van der Waals surface area contributed by atoms with Gasteiger partial charge in [0.1, 0.15) is 0 Å². The van der Waals surface area contributed by atoms with Crippen LogP contribution in [0, 0.1) is 27.7 Å². The second-order valence-electron chi connectivity index (χ2n) is 10.7. The quantitative estimate of drug-likeness (QED) is 0.219. The summed E-state index contributed by atoms with van der Waals surface area (Å²) in [6.45, 7) is 8.35. The van der Waals surface area contributed by atoms with Crippen molar-refractivity contribution in [2.24, 2.45) is 0 Å². The fraction of sp³-hybridized carbons (Fsp3) is 0.167. The van der Waals surface area contributed by atoms with Crippen LogP contribution in [-0.4, -0.2) is 9.97 Å². The minimum absolute atomic E-state index is 0.915. The van der Waals surface area contributed by atoms with E-state index in [1.54, 1.807) is 0 Å². The first kappa shape index (κ1) is 25.6. The molecule has 2 N–H and O–H groups in total. The van der Waals surface area contributed by atoms with E-state index in [4.69, 9.17) is 9.97 Å². The fourth-order valence-corrected chi connectivity index (χ4v) is 5.43. The van der Waals surface area contributed by atoms with Gasteiger partial charge in [-0.3, -0.25) is 9.97 Å². The minimum Gasteiger partial charge on any atom is -0.355 e.